The highest BCUT2D eigenvalue weighted by Crippen LogP contribution is 2.20. The van der Waals surface area contributed by atoms with E-state index in [2.05, 4.69) is 16.0 Å². The number of ketones is 1. The number of likely N-dealkylation sites (N-methyl/N-ethyl adjacent to an activating group) is 1. The first-order valence-corrected chi connectivity index (χ1v) is 18.2. The molecule has 0 bridgehead atoms. The van der Waals surface area contributed by atoms with Gasteiger partial charge in [0.05, 0.1) is 18.0 Å². The molecule has 52 heavy (non-hydrogen) atoms. The van der Waals surface area contributed by atoms with E-state index in [1.165, 1.54) is 24.1 Å². The SMILES string of the molecule is CC(C)C[C@H](CC(=O)[C@H](Cc1ccc(O)cc1)NC(=O)[C@@H]1CC=CC[C@H](N)C(=O)N[C@@H](CCCCN)C(=O)N(C)[C@@H](CCCCN)C(=O)N1)C(=O)O. The van der Waals surface area contributed by atoms with Crippen molar-refractivity contribution in [1.82, 2.24) is 20.9 Å². The van der Waals surface area contributed by atoms with Crippen LogP contribution in [0.15, 0.2) is 36.4 Å². The van der Waals surface area contributed by atoms with E-state index in [9.17, 15) is 39.0 Å². The van der Waals surface area contributed by atoms with Gasteiger partial charge in [0, 0.05) is 13.5 Å². The second-order valence-electron chi connectivity index (χ2n) is 14.0. The Bertz CT molecular complexity index is 1370. The third-order valence-electron chi connectivity index (χ3n) is 9.14. The zero-order valence-corrected chi connectivity index (χ0v) is 30.7. The van der Waals surface area contributed by atoms with Crippen LogP contribution in [-0.2, 0) is 35.2 Å². The number of hydrogen-bond donors (Lipinski definition) is 8. The highest BCUT2D eigenvalue weighted by Gasteiger charge is 2.35. The zero-order valence-electron chi connectivity index (χ0n) is 30.7. The largest absolute Gasteiger partial charge is 0.508 e. The Labute approximate surface area is 306 Å². The van der Waals surface area contributed by atoms with Crippen molar-refractivity contribution in [2.75, 3.05) is 20.1 Å². The minimum Gasteiger partial charge on any atom is -0.508 e. The third-order valence-corrected chi connectivity index (χ3v) is 9.14. The monoisotopic (exact) mass is 729 g/mol. The number of nitrogens with zero attached hydrogens (tertiary/aromatic N) is 1. The van der Waals surface area contributed by atoms with Crippen molar-refractivity contribution in [3.63, 3.8) is 0 Å². The number of rotatable bonds is 18. The molecule has 11 N–H and O–H groups in total. The second-order valence-corrected chi connectivity index (χ2v) is 14.0. The maximum absolute atomic E-state index is 14.0. The Kier molecular flexibility index (Phi) is 19.0. The summed E-state index contributed by atoms with van der Waals surface area (Å²) in [6, 6.07) is 0.739. The van der Waals surface area contributed by atoms with Crippen molar-refractivity contribution >= 4 is 35.4 Å². The molecule has 0 radical (unpaired) electrons. The Morgan fingerprint density at radius 3 is 2.13 bits per heavy atom. The lowest BCUT2D eigenvalue weighted by atomic mass is 9.89. The minimum atomic E-state index is -1.21. The number of unbranched alkanes of at least 4 members (excludes halogenated alkanes) is 2. The maximum atomic E-state index is 14.0. The van der Waals surface area contributed by atoms with Crippen LogP contribution in [0.2, 0.25) is 0 Å². The molecule has 1 aromatic carbocycles. The van der Waals surface area contributed by atoms with E-state index < -0.39 is 71.5 Å². The van der Waals surface area contributed by atoms with Crippen LogP contribution in [0.25, 0.3) is 0 Å². The molecule has 0 saturated carbocycles. The normalized spacial score (nSPS) is 21.5. The molecule has 1 aliphatic heterocycles. The van der Waals surface area contributed by atoms with E-state index in [1.54, 1.807) is 24.3 Å². The first kappa shape index (κ1) is 43.8. The topological polar surface area (TPSA) is 260 Å². The summed E-state index contributed by atoms with van der Waals surface area (Å²) in [6.07, 6.45) is 5.99. The van der Waals surface area contributed by atoms with E-state index >= 15 is 0 Å². The first-order chi connectivity index (χ1) is 24.7. The van der Waals surface area contributed by atoms with Crippen LogP contribution in [0.1, 0.15) is 83.6 Å². The van der Waals surface area contributed by atoms with Crippen LogP contribution >= 0.6 is 0 Å². The highest BCUT2D eigenvalue weighted by molar-refractivity contribution is 5.96. The molecule has 15 nitrogen and oxygen atoms in total. The fourth-order valence-electron chi connectivity index (χ4n) is 6.10. The lowest BCUT2D eigenvalue weighted by molar-refractivity contribution is -0.144. The van der Waals surface area contributed by atoms with Crippen LogP contribution in [0.4, 0.5) is 0 Å². The van der Waals surface area contributed by atoms with Crippen LogP contribution in [0, 0.1) is 11.8 Å². The molecule has 6 atom stereocenters. The minimum absolute atomic E-state index is 0.00381. The number of aliphatic carboxylic acids is 1. The number of nitrogens with two attached hydrogens (primary N) is 3. The second kappa shape index (κ2) is 22.6. The number of amides is 4. The summed E-state index contributed by atoms with van der Waals surface area (Å²) in [5.41, 5.74) is 18.1. The van der Waals surface area contributed by atoms with E-state index in [1.807, 2.05) is 13.8 Å². The fraction of sp³-hybridized carbons (Fsp3) is 0.622. The summed E-state index contributed by atoms with van der Waals surface area (Å²) in [5, 5.41) is 27.9. The van der Waals surface area contributed by atoms with Crippen LogP contribution in [0.3, 0.4) is 0 Å². The van der Waals surface area contributed by atoms with Gasteiger partial charge in [-0.1, -0.05) is 38.1 Å². The van der Waals surface area contributed by atoms with Gasteiger partial charge in [0.15, 0.2) is 5.78 Å². The fourth-order valence-corrected chi connectivity index (χ4v) is 6.10. The number of aromatic hydroxyl groups is 1. The Hall–Kier alpha value is -4.34. The summed E-state index contributed by atoms with van der Waals surface area (Å²) in [6.45, 7) is 4.49. The Morgan fingerprint density at radius 2 is 1.54 bits per heavy atom. The lowest BCUT2D eigenvalue weighted by Gasteiger charge is -2.33. The summed E-state index contributed by atoms with van der Waals surface area (Å²) in [7, 11) is 1.47. The predicted molar refractivity (Wildman–Crippen MR) is 197 cm³/mol. The molecule has 290 valence electrons. The molecule has 1 heterocycles. The van der Waals surface area contributed by atoms with Gasteiger partial charge in [0.2, 0.25) is 23.6 Å². The van der Waals surface area contributed by atoms with Gasteiger partial charge in [-0.05, 0) is 101 Å². The number of carbonyl (C=O) groups is 6. The van der Waals surface area contributed by atoms with Gasteiger partial charge < -0.3 is 48.3 Å². The van der Waals surface area contributed by atoms with Crippen LogP contribution < -0.4 is 33.2 Å². The van der Waals surface area contributed by atoms with Crippen LogP contribution in [0.5, 0.6) is 5.75 Å². The number of carboxylic acids is 1. The van der Waals surface area contributed by atoms with Crippen molar-refractivity contribution in [2.24, 2.45) is 29.0 Å². The lowest BCUT2D eigenvalue weighted by Crippen LogP contribution is -2.59. The Balaban J connectivity index is 2.48. The van der Waals surface area contributed by atoms with Gasteiger partial charge in [-0.2, -0.15) is 0 Å². The number of benzene rings is 1. The number of phenolic OH excluding ortho intramolecular Hbond substituents is 1. The van der Waals surface area contributed by atoms with Gasteiger partial charge >= 0.3 is 5.97 Å². The van der Waals surface area contributed by atoms with Crippen LogP contribution in [-0.4, -0.2) is 101 Å². The molecule has 2 rings (SSSR count). The van der Waals surface area contributed by atoms with E-state index in [0.29, 0.717) is 44.3 Å². The average Bonchev–Trinajstić information content (AvgIpc) is 3.09. The van der Waals surface area contributed by atoms with E-state index in [0.717, 1.165) is 0 Å². The van der Waals surface area contributed by atoms with Crippen molar-refractivity contribution in [3.05, 3.63) is 42.0 Å². The smallest absolute Gasteiger partial charge is 0.306 e. The molecule has 0 aromatic heterocycles. The quantitative estimate of drug-likeness (QED) is 0.0776. The molecule has 1 aliphatic rings. The van der Waals surface area contributed by atoms with Gasteiger partial charge in [0.1, 0.15) is 23.9 Å². The highest BCUT2D eigenvalue weighted by atomic mass is 16.4. The van der Waals surface area contributed by atoms with Crippen molar-refractivity contribution in [3.8, 4) is 5.75 Å². The van der Waals surface area contributed by atoms with Gasteiger partial charge in [-0.25, -0.2) is 0 Å². The first-order valence-electron chi connectivity index (χ1n) is 18.2. The summed E-state index contributed by atoms with van der Waals surface area (Å²) in [4.78, 5) is 81.9. The number of hydrogen-bond acceptors (Lipinski definition) is 10. The van der Waals surface area contributed by atoms with E-state index in [-0.39, 0.29) is 56.6 Å². The molecular weight excluding hydrogens is 670 g/mol. The summed E-state index contributed by atoms with van der Waals surface area (Å²) >= 11 is 0. The zero-order chi connectivity index (χ0) is 38.8. The molecule has 0 saturated heterocycles. The van der Waals surface area contributed by atoms with Crippen molar-refractivity contribution in [1.29, 1.82) is 0 Å². The van der Waals surface area contributed by atoms with Crippen molar-refractivity contribution < 1.29 is 39.0 Å². The molecule has 15 heteroatoms. The summed E-state index contributed by atoms with van der Waals surface area (Å²) in [5.74, 6) is -4.90. The molecule has 4 amide bonds. The third kappa shape index (κ3) is 14.7. The number of nitrogens with one attached hydrogen (secondary N) is 3. The predicted octanol–water partition coefficient (Wildman–Crippen LogP) is 0.858. The molecule has 0 unspecified atom stereocenters. The molecule has 0 aliphatic carbocycles. The van der Waals surface area contributed by atoms with Crippen molar-refractivity contribution in [2.45, 2.75) is 115 Å². The molecule has 0 fully saturated rings. The standard InChI is InChI=1S/C37H59N7O8/c1-23(2)20-25(37(51)52)22-32(46)30(21-24-14-16-26(45)17-15-24)43-34(48)28-11-5-4-10-27(40)33(47)42-29(12-6-8-18-38)36(50)44(3)31(35(49)41-28)13-7-9-19-39/h4-5,14-17,23,25,27-31,45H,6-13,18-22,38-40H2,1-3H3,(H,41,49)(H,42,47)(H,43,48)(H,51,52)/t25-,27+,28+,29+,30+,31+/m1/s1. The molecule has 1 aromatic rings. The number of phenols is 1. The maximum Gasteiger partial charge on any atom is 0.306 e. The van der Waals surface area contributed by atoms with E-state index in [4.69, 9.17) is 17.2 Å². The summed E-state index contributed by atoms with van der Waals surface area (Å²) < 4.78 is 0. The van der Waals surface area contributed by atoms with Gasteiger partial charge in [-0.3, -0.25) is 28.8 Å². The number of carboxylic acid groups (broad SMARTS) is 1. The molecule has 0 spiro atoms. The van der Waals surface area contributed by atoms with Gasteiger partial charge in [0.25, 0.3) is 0 Å². The number of Topliss-reactive ketones (excluding diaryl/α,β-unsaturated/α-hetero) is 1. The molecular formula is C37H59N7O8. The Morgan fingerprint density at radius 1 is 0.923 bits per heavy atom. The number of carbonyl (C=O) groups excluding carboxylic acids is 5. The average molecular weight is 730 g/mol. The van der Waals surface area contributed by atoms with Gasteiger partial charge in [-0.15, -0.1) is 0 Å².